The van der Waals surface area contributed by atoms with E-state index < -0.39 is 0 Å². The second-order valence-electron chi connectivity index (χ2n) is 5.54. The monoisotopic (exact) mass is 401 g/mol. The zero-order valence-corrected chi connectivity index (χ0v) is 15.9. The van der Waals surface area contributed by atoms with Gasteiger partial charge in [0.1, 0.15) is 12.7 Å². The Morgan fingerprint density at radius 2 is 1.93 bits per heavy atom. The number of anilines is 2. The fourth-order valence-corrected chi connectivity index (χ4v) is 3.18. The van der Waals surface area contributed by atoms with Gasteiger partial charge < -0.3 is 10.6 Å². The first-order chi connectivity index (χ1) is 13.0. The summed E-state index contributed by atoms with van der Waals surface area (Å²) >= 11 is 7.44. The van der Waals surface area contributed by atoms with Crippen LogP contribution in [0.25, 0.3) is 5.69 Å². The Bertz CT molecular complexity index is 945. The van der Waals surface area contributed by atoms with Crippen molar-refractivity contribution < 1.29 is 9.59 Å². The van der Waals surface area contributed by atoms with Crippen molar-refractivity contribution in [3.05, 3.63) is 60.1 Å². The molecule has 3 rings (SSSR count). The maximum absolute atomic E-state index is 12.4. The van der Waals surface area contributed by atoms with Crippen molar-refractivity contribution in [2.24, 2.45) is 0 Å². The Balaban J connectivity index is 1.63. The van der Waals surface area contributed by atoms with Gasteiger partial charge in [-0.1, -0.05) is 11.6 Å². The number of amides is 2. The topological polar surface area (TPSA) is 88.9 Å². The molecule has 0 aliphatic carbocycles. The van der Waals surface area contributed by atoms with Crippen LogP contribution in [0.15, 0.2) is 60.0 Å². The first-order valence-electron chi connectivity index (χ1n) is 7.96. The molecule has 2 aromatic carbocycles. The van der Waals surface area contributed by atoms with E-state index in [9.17, 15) is 9.59 Å². The van der Waals surface area contributed by atoms with Crippen LogP contribution in [-0.2, 0) is 9.59 Å². The highest BCUT2D eigenvalue weighted by Crippen LogP contribution is 2.25. The second-order valence-corrected chi connectivity index (χ2v) is 7.03. The number of thioether (sulfide) groups is 1. The van der Waals surface area contributed by atoms with Crippen molar-refractivity contribution in [3.63, 3.8) is 0 Å². The minimum Gasteiger partial charge on any atom is -0.326 e. The van der Waals surface area contributed by atoms with E-state index in [-0.39, 0.29) is 17.6 Å². The van der Waals surface area contributed by atoms with Gasteiger partial charge in [0.2, 0.25) is 11.8 Å². The normalized spacial score (nSPS) is 10.4. The molecule has 0 unspecified atom stereocenters. The molecular formula is C18H16ClN5O2S. The molecule has 1 aromatic heterocycles. The molecule has 0 saturated heterocycles. The summed E-state index contributed by atoms with van der Waals surface area (Å²) in [6.45, 7) is 1.45. The standard InChI is InChI=1S/C18H16ClN5O2S/c1-12(25)22-14-3-5-15(6-4-14)27-9-18(26)23-16-8-13(19)2-7-17(16)24-11-20-10-21-24/h2-8,10-11H,9H2,1H3,(H,22,25)(H,23,26). The number of benzene rings is 2. The summed E-state index contributed by atoms with van der Waals surface area (Å²) in [5, 5.41) is 10.2. The molecule has 0 bridgehead atoms. The zero-order chi connectivity index (χ0) is 19.2. The fourth-order valence-electron chi connectivity index (χ4n) is 2.31. The van der Waals surface area contributed by atoms with Gasteiger partial charge in [-0.05, 0) is 42.5 Å². The minimum atomic E-state index is -0.172. The second kappa shape index (κ2) is 8.70. The molecule has 0 radical (unpaired) electrons. The molecule has 0 atom stereocenters. The molecule has 0 spiro atoms. The van der Waals surface area contributed by atoms with Crippen LogP contribution in [0.2, 0.25) is 5.02 Å². The molecule has 27 heavy (non-hydrogen) atoms. The van der Waals surface area contributed by atoms with Crippen LogP contribution in [0, 0.1) is 0 Å². The summed E-state index contributed by atoms with van der Waals surface area (Å²) in [5.41, 5.74) is 1.95. The van der Waals surface area contributed by atoms with Crippen LogP contribution in [0.5, 0.6) is 0 Å². The van der Waals surface area contributed by atoms with Gasteiger partial charge in [0.05, 0.1) is 17.1 Å². The number of carbonyl (C=O) groups is 2. The SMILES string of the molecule is CC(=O)Nc1ccc(SCC(=O)Nc2cc(Cl)ccc2-n2cncn2)cc1. The molecule has 7 nitrogen and oxygen atoms in total. The van der Waals surface area contributed by atoms with Crippen LogP contribution in [-0.4, -0.2) is 32.3 Å². The van der Waals surface area contributed by atoms with Gasteiger partial charge in [-0.15, -0.1) is 11.8 Å². The Hall–Kier alpha value is -2.84. The molecule has 138 valence electrons. The predicted molar refractivity (Wildman–Crippen MR) is 106 cm³/mol. The zero-order valence-electron chi connectivity index (χ0n) is 14.3. The van der Waals surface area contributed by atoms with Crippen LogP contribution >= 0.6 is 23.4 Å². The Morgan fingerprint density at radius 1 is 1.15 bits per heavy atom. The smallest absolute Gasteiger partial charge is 0.234 e. The van der Waals surface area contributed by atoms with E-state index >= 15 is 0 Å². The van der Waals surface area contributed by atoms with Crippen LogP contribution < -0.4 is 10.6 Å². The molecule has 1 heterocycles. The van der Waals surface area contributed by atoms with E-state index in [4.69, 9.17) is 11.6 Å². The predicted octanol–water partition coefficient (Wildman–Crippen LogP) is 3.61. The average Bonchev–Trinajstić information content (AvgIpc) is 3.15. The third-order valence-corrected chi connectivity index (χ3v) is 4.69. The van der Waals surface area contributed by atoms with E-state index in [1.54, 1.807) is 41.3 Å². The number of carbonyl (C=O) groups excluding carboxylic acids is 2. The van der Waals surface area contributed by atoms with Gasteiger partial charge in [0.25, 0.3) is 0 Å². The summed E-state index contributed by atoms with van der Waals surface area (Å²) < 4.78 is 1.56. The van der Waals surface area contributed by atoms with E-state index in [0.717, 1.165) is 4.90 Å². The summed E-state index contributed by atoms with van der Waals surface area (Å²) in [6, 6.07) is 12.4. The van der Waals surface area contributed by atoms with Crippen molar-refractivity contribution in [2.75, 3.05) is 16.4 Å². The lowest BCUT2D eigenvalue weighted by Crippen LogP contribution is -2.16. The molecule has 9 heteroatoms. The number of halogens is 1. The minimum absolute atomic E-state index is 0.125. The lowest BCUT2D eigenvalue weighted by atomic mass is 10.2. The molecule has 0 fully saturated rings. The number of hydrogen-bond donors (Lipinski definition) is 2. The molecule has 2 amide bonds. The van der Waals surface area contributed by atoms with E-state index in [1.165, 1.54) is 25.0 Å². The third-order valence-electron chi connectivity index (χ3n) is 3.44. The number of hydrogen-bond acceptors (Lipinski definition) is 5. The van der Waals surface area contributed by atoms with Gasteiger partial charge in [0.15, 0.2) is 0 Å². The molecule has 3 aromatic rings. The third kappa shape index (κ3) is 5.32. The Morgan fingerprint density at radius 3 is 2.59 bits per heavy atom. The van der Waals surface area contributed by atoms with Crippen molar-refractivity contribution in [1.82, 2.24) is 14.8 Å². The maximum Gasteiger partial charge on any atom is 0.234 e. The van der Waals surface area contributed by atoms with Gasteiger partial charge in [-0.3, -0.25) is 9.59 Å². The van der Waals surface area contributed by atoms with Crippen LogP contribution in [0.1, 0.15) is 6.92 Å². The Kier molecular flexibility index (Phi) is 6.10. The van der Waals surface area contributed by atoms with E-state index in [1.807, 2.05) is 12.1 Å². The van der Waals surface area contributed by atoms with Crippen molar-refractivity contribution in [3.8, 4) is 5.69 Å². The van der Waals surface area contributed by atoms with Crippen molar-refractivity contribution in [1.29, 1.82) is 0 Å². The molecule has 0 aliphatic rings. The first-order valence-corrected chi connectivity index (χ1v) is 9.32. The molecule has 0 saturated carbocycles. The lowest BCUT2D eigenvalue weighted by Gasteiger charge is -2.11. The fraction of sp³-hybridized carbons (Fsp3) is 0.111. The first kappa shape index (κ1) is 18.9. The summed E-state index contributed by atoms with van der Waals surface area (Å²) in [7, 11) is 0. The highest BCUT2D eigenvalue weighted by Gasteiger charge is 2.11. The van der Waals surface area contributed by atoms with Crippen molar-refractivity contribution in [2.45, 2.75) is 11.8 Å². The number of nitrogens with zero attached hydrogens (tertiary/aromatic N) is 3. The molecular weight excluding hydrogens is 386 g/mol. The number of aromatic nitrogens is 3. The van der Waals surface area contributed by atoms with Gasteiger partial charge in [0, 0.05) is 22.5 Å². The van der Waals surface area contributed by atoms with Gasteiger partial charge in [-0.2, -0.15) is 5.10 Å². The highest BCUT2D eigenvalue weighted by atomic mass is 35.5. The summed E-state index contributed by atoms with van der Waals surface area (Å²) in [5.74, 6) is -0.0722. The Labute approximate surface area is 165 Å². The number of rotatable bonds is 6. The van der Waals surface area contributed by atoms with Crippen molar-refractivity contribution >= 4 is 46.6 Å². The molecule has 2 N–H and O–H groups in total. The lowest BCUT2D eigenvalue weighted by molar-refractivity contribution is -0.114. The molecule has 0 aliphatic heterocycles. The number of nitrogens with one attached hydrogen (secondary N) is 2. The van der Waals surface area contributed by atoms with Crippen LogP contribution in [0.4, 0.5) is 11.4 Å². The van der Waals surface area contributed by atoms with Crippen LogP contribution in [0.3, 0.4) is 0 Å². The van der Waals surface area contributed by atoms with E-state index in [2.05, 4.69) is 20.7 Å². The van der Waals surface area contributed by atoms with E-state index in [0.29, 0.717) is 22.1 Å². The van der Waals surface area contributed by atoms with Gasteiger partial charge >= 0.3 is 0 Å². The highest BCUT2D eigenvalue weighted by molar-refractivity contribution is 8.00. The quantitative estimate of drug-likeness (QED) is 0.616. The summed E-state index contributed by atoms with van der Waals surface area (Å²) in [4.78, 5) is 28.2. The van der Waals surface area contributed by atoms with Gasteiger partial charge in [-0.25, -0.2) is 9.67 Å². The maximum atomic E-state index is 12.4. The largest absolute Gasteiger partial charge is 0.326 e. The average molecular weight is 402 g/mol. The summed E-state index contributed by atoms with van der Waals surface area (Å²) in [6.07, 6.45) is 2.96.